The normalized spacial score (nSPS) is 23.0. The molecule has 9 nitrogen and oxygen atoms in total. The van der Waals surface area contributed by atoms with Crippen molar-refractivity contribution in [2.24, 2.45) is 5.92 Å². The minimum absolute atomic E-state index is 0.0132. The van der Waals surface area contributed by atoms with Crippen molar-refractivity contribution in [3.63, 3.8) is 0 Å². The maximum atomic E-state index is 14.0. The summed E-state index contributed by atoms with van der Waals surface area (Å²) >= 11 is 0. The van der Waals surface area contributed by atoms with Gasteiger partial charge in [-0.25, -0.2) is 4.79 Å². The number of ketones is 1. The summed E-state index contributed by atoms with van der Waals surface area (Å²) in [6, 6.07) is 2.27. The number of rotatable bonds is 6. The summed E-state index contributed by atoms with van der Waals surface area (Å²) in [6.07, 6.45) is -2.97. The molecule has 1 aliphatic rings. The number of nitrogens with one attached hydrogen (secondary N) is 2. The first-order valence-electron chi connectivity index (χ1n) is 9.19. The topological polar surface area (TPSA) is 119 Å². The largest absolute Gasteiger partial charge is 0.493 e. The molecule has 3 rings (SSSR count). The number of Topliss-reactive ketones (excluding diaryl/α,β-unsaturated/α-hetero) is 1. The van der Waals surface area contributed by atoms with Gasteiger partial charge in [0.2, 0.25) is 11.5 Å². The van der Waals surface area contributed by atoms with E-state index in [1.54, 1.807) is 0 Å². The molecule has 0 radical (unpaired) electrons. The number of pyridine rings is 1. The zero-order valence-electron chi connectivity index (χ0n) is 17.2. The number of aromatic nitrogens is 1. The Kier molecular flexibility index (Phi) is 6.17. The Balaban J connectivity index is 2.24. The molecule has 32 heavy (non-hydrogen) atoms. The SMILES string of the molecule is COc1cc([C@H]2NC(=O)N[C@@](O)(C(F)(F)F)[C@@H]2C(=O)c2cccnc2)cc(OC)c1OC. The molecule has 2 aromatic rings. The van der Waals surface area contributed by atoms with Crippen molar-refractivity contribution < 1.29 is 42.1 Å². The summed E-state index contributed by atoms with van der Waals surface area (Å²) in [5, 5.41) is 14.4. The minimum Gasteiger partial charge on any atom is -0.493 e. The maximum Gasteiger partial charge on any atom is 0.437 e. The van der Waals surface area contributed by atoms with Crippen LogP contribution >= 0.6 is 0 Å². The van der Waals surface area contributed by atoms with Crippen LogP contribution in [0.3, 0.4) is 0 Å². The number of nitrogens with zero attached hydrogens (tertiary/aromatic N) is 1. The van der Waals surface area contributed by atoms with Gasteiger partial charge in [-0.2, -0.15) is 13.2 Å². The lowest BCUT2D eigenvalue weighted by Crippen LogP contribution is -2.72. The molecule has 1 aromatic heterocycles. The molecule has 0 unspecified atom stereocenters. The van der Waals surface area contributed by atoms with Crippen molar-refractivity contribution >= 4 is 11.8 Å². The van der Waals surface area contributed by atoms with E-state index in [0.29, 0.717) is 0 Å². The lowest BCUT2D eigenvalue weighted by molar-refractivity contribution is -0.287. The van der Waals surface area contributed by atoms with Crippen molar-refractivity contribution in [1.29, 1.82) is 0 Å². The zero-order chi connectivity index (χ0) is 23.7. The zero-order valence-corrected chi connectivity index (χ0v) is 17.2. The Labute approximate surface area is 180 Å². The number of alkyl halides is 3. The number of urea groups is 1. The predicted molar refractivity (Wildman–Crippen MR) is 104 cm³/mol. The first-order chi connectivity index (χ1) is 15.1. The second-order valence-corrected chi connectivity index (χ2v) is 6.88. The molecule has 0 aliphatic carbocycles. The Morgan fingerprint density at radius 2 is 1.78 bits per heavy atom. The molecule has 172 valence electrons. The average Bonchev–Trinajstić information content (AvgIpc) is 2.76. The number of benzene rings is 1. The smallest absolute Gasteiger partial charge is 0.437 e. The van der Waals surface area contributed by atoms with Gasteiger partial charge < -0.3 is 30.0 Å². The summed E-state index contributed by atoms with van der Waals surface area (Å²) < 4.78 is 57.6. The molecule has 3 N–H and O–H groups in total. The summed E-state index contributed by atoms with van der Waals surface area (Å²) in [6.45, 7) is 0. The van der Waals surface area contributed by atoms with Crippen molar-refractivity contribution in [3.05, 3.63) is 47.8 Å². The Morgan fingerprint density at radius 3 is 2.25 bits per heavy atom. The number of amides is 2. The quantitative estimate of drug-likeness (QED) is 0.572. The van der Waals surface area contributed by atoms with E-state index in [9.17, 15) is 27.9 Å². The van der Waals surface area contributed by atoms with Gasteiger partial charge in [-0.05, 0) is 29.8 Å². The van der Waals surface area contributed by atoms with Crippen LogP contribution in [0.25, 0.3) is 0 Å². The highest BCUT2D eigenvalue weighted by molar-refractivity contribution is 6.00. The van der Waals surface area contributed by atoms with E-state index >= 15 is 0 Å². The molecule has 1 fully saturated rings. The third-order valence-corrected chi connectivity index (χ3v) is 5.08. The van der Waals surface area contributed by atoms with Crippen molar-refractivity contribution in [2.45, 2.75) is 17.9 Å². The lowest BCUT2D eigenvalue weighted by atomic mass is 9.77. The molecule has 1 aliphatic heterocycles. The monoisotopic (exact) mass is 455 g/mol. The second kappa shape index (κ2) is 8.54. The van der Waals surface area contributed by atoms with E-state index in [2.05, 4.69) is 10.3 Å². The van der Waals surface area contributed by atoms with Crippen LogP contribution in [-0.4, -0.2) is 55.1 Å². The maximum absolute atomic E-state index is 14.0. The van der Waals surface area contributed by atoms with Crippen molar-refractivity contribution in [3.8, 4) is 17.2 Å². The van der Waals surface area contributed by atoms with E-state index in [0.717, 1.165) is 6.20 Å². The van der Waals surface area contributed by atoms with Crippen LogP contribution in [0, 0.1) is 5.92 Å². The van der Waals surface area contributed by atoms with E-state index in [1.807, 2.05) is 0 Å². The summed E-state index contributed by atoms with van der Waals surface area (Å²) in [7, 11) is 3.93. The van der Waals surface area contributed by atoms with Crippen molar-refractivity contribution in [2.75, 3.05) is 21.3 Å². The molecular formula is C20H20F3N3O6. The van der Waals surface area contributed by atoms with E-state index in [-0.39, 0.29) is 28.4 Å². The first-order valence-corrected chi connectivity index (χ1v) is 9.19. The van der Waals surface area contributed by atoms with Gasteiger partial charge in [0.05, 0.1) is 27.4 Å². The third-order valence-electron chi connectivity index (χ3n) is 5.08. The van der Waals surface area contributed by atoms with Crippen LogP contribution in [0.15, 0.2) is 36.7 Å². The van der Waals surface area contributed by atoms with Gasteiger partial charge in [-0.1, -0.05) is 0 Å². The molecule has 3 atom stereocenters. The fraction of sp³-hybridized carbons (Fsp3) is 0.350. The minimum atomic E-state index is -5.38. The second-order valence-electron chi connectivity index (χ2n) is 6.88. The van der Waals surface area contributed by atoms with Crippen LogP contribution in [0.1, 0.15) is 22.0 Å². The van der Waals surface area contributed by atoms with Crippen LogP contribution in [0.2, 0.25) is 0 Å². The van der Waals surface area contributed by atoms with Crippen LogP contribution in [0.4, 0.5) is 18.0 Å². The van der Waals surface area contributed by atoms with Gasteiger partial charge >= 0.3 is 12.2 Å². The predicted octanol–water partition coefficient (Wildman–Crippen LogP) is 2.21. The number of hydrogen-bond donors (Lipinski definition) is 3. The number of methoxy groups -OCH3 is 3. The van der Waals surface area contributed by atoms with E-state index in [4.69, 9.17) is 14.2 Å². The summed E-state index contributed by atoms with van der Waals surface area (Å²) in [5.74, 6) is -2.99. The number of ether oxygens (including phenoxy) is 3. The highest BCUT2D eigenvalue weighted by atomic mass is 19.4. The Hall–Kier alpha value is -3.54. The Morgan fingerprint density at radius 1 is 1.16 bits per heavy atom. The van der Waals surface area contributed by atoms with Crippen molar-refractivity contribution in [1.82, 2.24) is 15.6 Å². The molecule has 2 amide bonds. The highest BCUT2D eigenvalue weighted by Crippen LogP contribution is 2.47. The summed E-state index contributed by atoms with van der Waals surface area (Å²) in [5.41, 5.74) is -4.04. The van der Waals surface area contributed by atoms with E-state index < -0.39 is 35.7 Å². The standard InChI is InChI=1S/C20H20F3N3O6/c1-30-12-7-11(8-13(31-2)17(12)32-3)15-14(16(27)10-5-4-6-24-9-10)19(29,20(21,22)23)26-18(28)25-15/h4-9,14-15,29H,1-3H3,(H2,25,26,28)/t14-,15+,19-/m0/s1. The summed E-state index contributed by atoms with van der Waals surface area (Å²) in [4.78, 5) is 29.1. The highest BCUT2D eigenvalue weighted by Gasteiger charge is 2.66. The van der Waals surface area contributed by atoms with Crippen LogP contribution in [0.5, 0.6) is 17.2 Å². The van der Waals surface area contributed by atoms with Gasteiger partial charge in [-0.3, -0.25) is 9.78 Å². The number of carbonyl (C=O) groups excluding carboxylic acids is 2. The van der Waals surface area contributed by atoms with Gasteiger partial charge in [0.25, 0.3) is 0 Å². The van der Waals surface area contributed by atoms with Crippen LogP contribution < -0.4 is 24.8 Å². The number of hydrogen-bond acceptors (Lipinski definition) is 7. The molecule has 1 saturated heterocycles. The Bertz CT molecular complexity index is 992. The third kappa shape index (κ3) is 3.88. The molecule has 12 heteroatoms. The number of halogens is 3. The first kappa shape index (κ1) is 23.1. The lowest BCUT2D eigenvalue weighted by Gasteiger charge is -2.45. The van der Waals surface area contributed by atoms with Gasteiger partial charge in [0.15, 0.2) is 17.3 Å². The molecule has 0 bridgehead atoms. The van der Waals surface area contributed by atoms with E-state index in [1.165, 1.54) is 57.1 Å². The number of aliphatic hydroxyl groups is 1. The molecule has 0 saturated carbocycles. The van der Waals surface area contributed by atoms with Gasteiger partial charge in [0, 0.05) is 18.0 Å². The average molecular weight is 455 g/mol. The molecule has 2 heterocycles. The molecule has 0 spiro atoms. The fourth-order valence-electron chi connectivity index (χ4n) is 3.59. The van der Waals surface area contributed by atoms with Crippen LogP contribution in [-0.2, 0) is 0 Å². The van der Waals surface area contributed by atoms with Gasteiger partial charge in [-0.15, -0.1) is 0 Å². The molecule has 1 aromatic carbocycles. The number of carbonyl (C=O) groups is 2. The fourth-order valence-corrected chi connectivity index (χ4v) is 3.59. The molecular weight excluding hydrogens is 435 g/mol. The van der Waals surface area contributed by atoms with Gasteiger partial charge in [0.1, 0.15) is 5.92 Å².